The van der Waals surface area contributed by atoms with Gasteiger partial charge in [0.15, 0.2) is 0 Å². The highest BCUT2D eigenvalue weighted by Gasteiger charge is 2.61. The SMILES string of the molecule is O=C1N2CCCc3cccc(c32)C12c1c([nH]c(=O)[nH]c1=O)Oc1[nH]c(=O)[nH]c(=O)c12. The number of aromatic nitrogens is 4. The van der Waals surface area contributed by atoms with E-state index in [9.17, 15) is 24.0 Å². The number of aryl methyl sites for hydroxylation is 1. The van der Waals surface area contributed by atoms with Gasteiger partial charge in [-0.05, 0) is 18.4 Å². The van der Waals surface area contributed by atoms with Gasteiger partial charge in [-0.1, -0.05) is 18.2 Å². The van der Waals surface area contributed by atoms with Crippen LogP contribution in [0.25, 0.3) is 0 Å². The van der Waals surface area contributed by atoms with Crippen LogP contribution in [0.4, 0.5) is 5.69 Å². The monoisotopic (exact) mass is 407 g/mol. The molecule has 1 amide bonds. The number of nitrogens with one attached hydrogen (secondary N) is 4. The summed E-state index contributed by atoms with van der Waals surface area (Å²) in [4.78, 5) is 74.2. The van der Waals surface area contributed by atoms with E-state index in [0.29, 0.717) is 17.8 Å². The molecule has 5 heterocycles. The molecule has 0 atom stereocenters. The number of fused-ring (bicyclic) bond motifs is 5. The average molecular weight is 407 g/mol. The van der Waals surface area contributed by atoms with Crippen LogP contribution in [0.3, 0.4) is 0 Å². The lowest BCUT2D eigenvalue weighted by Gasteiger charge is -2.33. The van der Waals surface area contributed by atoms with Crippen molar-refractivity contribution in [2.45, 2.75) is 18.3 Å². The fourth-order valence-corrected chi connectivity index (χ4v) is 4.95. The van der Waals surface area contributed by atoms with E-state index in [1.54, 1.807) is 17.0 Å². The standard InChI is InChI=1S/C19H13N5O6/c25-12-9-14(22-17(28)20-12)30-15-10(13(26)21-18(29)23-15)19(9)8-5-1-3-7-4-2-6-24(11(7)8)16(19)27/h1,3,5H,2,4,6H2,(H2,20,22,25,28)(H2,21,23,26,29). The first kappa shape index (κ1) is 16.8. The van der Waals surface area contributed by atoms with Gasteiger partial charge in [-0.3, -0.25) is 34.3 Å². The van der Waals surface area contributed by atoms with E-state index >= 15 is 0 Å². The number of ether oxygens (including phenoxy) is 1. The zero-order valence-electron chi connectivity index (χ0n) is 15.3. The molecule has 4 N–H and O–H groups in total. The summed E-state index contributed by atoms with van der Waals surface area (Å²) < 4.78 is 5.54. The van der Waals surface area contributed by atoms with Crippen LogP contribution in [0.5, 0.6) is 11.8 Å². The fourth-order valence-electron chi connectivity index (χ4n) is 4.95. The van der Waals surface area contributed by atoms with Gasteiger partial charge in [0.1, 0.15) is 16.5 Å². The van der Waals surface area contributed by atoms with E-state index in [1.165, 1.54) is 0 Å². The molecule has 2 aromatic heterocycles. The fraction of sp³-hybridized carbons (Fsp3) is 0.211. The summed E-state index contributed by atoms with van der Waals surface area (Å²) in [5, 5.41) is 0. The van der Waals surface area contributed by atoms with Crippen molar-refractivity contribution in [1.82, 2.24) is 19.9 Å². The first-order valence-electron chi connectivity index (χ1n) is 9.29. The second kappa shape index (κ2) is 5.26. The minimum atomic E-state index is -1.87. The normalized spacial score (nSPS) is 17.3. The van der Waals surface area contributed by atoms with E-state index in [0.717, 1.165) is 18.4 Å². The van der Waals surface area contributed by atoms with Crippen LogP contribution in [-0.2, 0) is 16.6 Å². The van der Waals surface area contributed by atoms with Crippen molar-refractivity contribution in [2.75, 3.05) is 11.4 Å². The maximum Gasteiger partial charge on any atom is 0.328 e. The molecule has 1 aromatic carbocycles. The second-order valence-corrected chi connectivity index (χ2v) is 7.45. The lowest BCUT2D eigenvalue weighted by molar-refractivity contribution is -0.121. The molecule has 11 heteroatoms. The lowest BCUT2D eigenvalue weighted by atomic mass is 9.70. The summed E-state index contributed by atoms with van der Waals surface area (Å²) in [6.07, 6.45) is 1.46. The zero-order chi connectivity index (χ0) is 20.8. The van der Waals surface area contributed by atoms with Crippen LogP contribution in [0.2, 0.25) is 0 Å². The molecular formula is C19H13N5O6. The predicted molar refractivity (Wildman–Crippen MR) is 102 cm³/mol. The summed E-state index contributed by atoms with van der Waals surface area (Å²) in [5.74, 6) is -1.09. The summed E-state index contributed by atoms with van der Waals surface area (Å²) >= 11 is 0. The van der Waals surface area contributed by atoms with Crippen LogP contribution >= 0.6 is 0 Å². The number of rotatable bonds is 0. The summed E-state index contributed by atoms with van der Waals surface area (Å²) in [5.41, 5.74) is -3.65. The molecule has 0 unspecified atom stereocenters. The molecule has 30 heavy (non-hydrogen) atoms. The van der Waals surface area contributed by atoms with Crippen LogP contribution in [0, 0.1) is 0 Å². The first-order valence-corrected chi connectivity index (χ1v) is 9.29. The zero-order valence-corrected chi connectivity index (χ0v) is 15.3. The first-order chi connectivity index (χ1) is 14.4. The quantitative estimate of drug-likeness (QED) is 0.380. The number of carbonyl (C=O) groups is 1. The molecule has 3 aliphatic rings. The van der Waals surface area contributed by atoms with Gasteiger partial charge in [-0.2, -0.15) is 0 Å². The van der Waals surface area contributed by atoms with E-state index in [1.807, 2.05) is 6.07 Å². The molecule has 3 aromatic rings. The number of carbonyl (C=O) groups excluding carboxylic acids is 1. The highest BCUT2D eigenvalue weighted by Crippen LogP contribution is 2.56. The van der Waals surface area contributed by atoms with Crippen molar-refractivity contribution in [2.24, 2.45) is 0 Å². The summed E-state index contributed by atoms with van der Waals surface area (Å²) in [6.45, 7) is 0.415. The minimum Gasteiger partial charge on any atom is -0.423 e. The van der Waals surface area contributed by atoms with E-state index in [4.69, 9.17) is 4.74 Å². The van der Waals surface area contributed by atoms with Crippen molar-refractivity contribution < 1.29 is 9.53 Å². The Morgan fingerprint density at radius 1 is 0.867 bits per heavy atom. The van der Waals surface area contributed by atoms with Gasteiger partial charge in [-0.25, -0.2) is 9.59 Å². The lowest BCUT2D eigenvalue weighted by Crippen LogP contribution is -2.52. The van der Waals surface area contributed by atoms with Crippen LogP contribution < -0.4 is 32.1 Å². The Morgan fingerprint density at radius 2 is 1.50 bits per heavy atom. The van der Waals surface area contributed by atoms with Gasteiger partial charge in [0.2, 0.25) is 17.7 Å². The van der Waals surface area contributed by atoms with Gasteiger partial charge in [0.25, 0.3) is 11.1 Å². The number of anilines is 1. The average Bonchev–Trinajstić information content (AvgIpc) is 2.92. The molecule has 0 saturated heterocycles. The molecule has 150 valence electrons. The maximum absolute atomic E-state index is 13.9. The molecule has 0 aliphatic carbocycles. The van der Waals surface area contributed by atoms with Gasteiger partial charge >= 0.3 is 11.4 Å². The number of hydrogen-bond acceptors (Lipinski definition) is 6. The molecular weight excluding hydrogens is 394 g/mol. The van der Waals surface area contributed by atoms with Gasteiger partial charge in [0, 0.05) is 12.1 Å². The highest BCUT2D eigenvalue weighted by molar-refractivity contribution is 6.14. The topological polar surface area (TPSA) is 161 Å². The van der Waals surface area contributed by atoms with Crippen molar-refractivity contribution >= 4 is 11.6 Å². The molecule has 1 spiro atoms. The highest BCUT2D eigenvalue weighted by atomic mass is 16.5. The maximum atomic E-state index is 13.9. The number of benzene rings is 1. The van der Waals surface area contributed by atoms with Crippen LogP contribution in [0.15, 0.2) is 37.4 Å². The molecule has 11 nitrogen and oxygen atoms in total. The van der Waals surface area contributed by atoms with E-state index in [-0.39, 0.29) is 22.9 Å². The smallest absolute Gasteiger partial charge is 0.328 e. The molecule has 6 rings (SSSR count). The Balaban J connectivity index is 1.88. The Morgan fingerprint density at radius 3 is 2.13 bits per heavy atom. The van der Waals surface area contributed by atoms with Crippen molar-refractivity contribution in [3.8, 4) is 11.8 Å². The molecule has 0 bridgehead atoms. The third-order valence-corrected chi connectivity index (χ3v) is 5.96. The van der Waals surface area contributed by atoms with E-state index in [2.05, 4.69) is 19.9 Å². The van der Waals surface area contributed by atoms with Crippen molar-refractivity contribution in [3.63, 3.8) is 0 Å². The Hall–Kier alpha value is -4.15. The minimum absolute atomic E-state index is 0.194. The van der Waals surface area contributed by atoms with Crippen molar-refractivity contribution in [3.05, 3.63) is 82.1 Å². The summed E-state index contributed by atoms with van der Waals surface area (Å²) in [6, 6.07) is 5.33. The van der Waals surface area contributed by atoms with Gasteiger partial charge in [-0.15, -0.1) is 0 Å². The van der Waals surface area contributed by atoms with Gasteiger partial charge < -0.3 is 9.64 Å². The summed E-state index contributed by atoms with van der Waals surface area (Å²) in [7, 11) is 0. The number of nitrogens with zero attached hydrogens (tertiary/aromatic N) is 1. The Labute approximate surface area is 165 Å². The van der Waals surface area contributed by atoms with Crippen LogP contribution in [0.1, 0.15) is 28.7 Å². The number of para-hydroxylation sites is 1. The largest absolute Gasteiger partial charge is 0.423 e. The molecule has 0 fully saturated rings. The number of H-pyrrole nitrogens is 4. The molecule has 0 saturated carbocycles. The number of aromatic amines is 4. The Bertz CT molecular complexity index is 1450. The third-order valence-electron chi connectivity index (χ3n) is 5.96. The van der Waals surface area contributed by atoms with Crippen molar-refractivity contribution in [1.29, 1.82) is 0 Å². The van der Waals surface area contributed by atoms with E-state index < -0.39 is 33.8 Å². The van der Waals surface area contributed by atoms with Crippen LogP contribution in [-0.4, -0.2) is 32.4 Å². The predicted octanol–water partition coefficient (Wildman–Crippen LogP) is -0.827. The number of hydrogen-bond donors (Lipinski definition) is 4. The molecule has 0 radical (unpaired) electrons. The Kier molecular flexibility index (Phi) is 2.94. The van der Waals surface area contributed by atoms with Gasteiger partial charge in [0.05, 0.1) is 5.69 Å². The number of amides is 1. The second-order valence-electron chi connectivity index (χ2n) is 7.45. The molecule has 3 aliphatic heterocycles. The third kappa shape index (κ3) is 1.77.